The lowest BCUT2D eigenvalue weighted by Gasteiger charge is -2.34. The molecule has 0 atom stereocenters. The van der Waals surface area contributed by atoms with Gasteiger partial charge in [-0.15, -0.1) is 0 Å². The van der Waals surface area contributed by atoms with Gasteiger partial charge in [0.15, 0.2) is 0 Å². The van der Waals surface area contributed by atoms with Crippen LogP contribution in [0.4, 0.5) is 19.1 Å². The Bertz CT molecular complexity index is 1030. The van der Waals surface area contributed by atoms with Crippen LogP contribution in [0.25, 0.3) is 5.65 Å². The Hall–Kier alpha value is -3.17. The highest BCUT2D eigenvalue weighted by molar-refractivity contribution is 5.95. The molecule has 0 radical (unpaired) electrons. The number of fused-ring (bicyclic) bond motifs is 1. The van der Waals surface area contributed by atoms with Gasteiger partial charge in [-0.05, 0) is 24.6 Å². The van der Waals surface area contributed by atoms with Crippen LogP contribution in [-0.2, 0) is 12.6 Å². The molecule has 10 heteroatoms. The number of rotatable bonds is 3. The first-order valence-corrected chi connectivity index (χ1v) is 9.28. The molecule has 0 unspecified atom stereocenters. The number of pyridine rings is 1. The van der Waals surface area contributed by atoms with Crippen LogP contribution < -0.4 is 4.90 Å². The normalized spacial score (nSPS) is 15.2. The lowest BCUT2D eigenvalue weighted by molar-refractivity contribution is -0.137. The van der Waals surface area contributed by atoms with Crippen LogP contribution in [0.3, 0.4) is 0 Å². The molecule has 0 bridgehead atoms. The van der Waals surface area contributed by atoms with Gasteiger partial charge in [-0.25, -0.2) is 15.0 Å². The number of hydrogen-bond donors (Lipinski definition) is 0. The van der Waals surface area contributed by atoms with Crippen molar-refractivity contribution >= 4 is 17.5 Å². The van der Waals surface area contributed by atoms with Crippen LogP contribution in [0, 0.1) is 0 Å². The molecule has 3 aromatic rings. The molecular formula is C19H19F3N6O. The van der Waals surface area contributed by atoms with Crippen LogP contribution in [0.5, 0.6) is 0 Å². The number of hydrogen-bond acceptors (Lipinski definition) is 5. The molecule has 1 saturated heterocycles. The monoisotopic (exact) mass is 404 g/mol. The van der Waals surface area contributed by atoms with Gasteiger partial charge in [0.2, 0.25) is 5.95 Å². The highest BCUT2D eigenvalue weighted by Gasteiger charge is 2.33. The minimum Gasteiger partial charge on any atom is -0.337 e. The summed E-state index contributed by atoms with van der Waals surface area (Å²) < 4.78 is 40.7. The number of carbonyl (C=O) groups excluding carboxylic acids is 1. The fraction of sp³-hybridized carbons (Fsp3) is 0.368. The second kappa shape index (κ2) is 7.34. The van der Waals surface area contributed by atoms with Gasteiger partial charge in [0.25, 0.3) is 5.91 Å². The number of imidazole rings is 1. The lowest BCUT2D eigenvalue weighted by Crippen LogP contribution is -2.49. The van der Waals surface area contributed by atoms with Gasteiger partial charge < -0.3 is 9.80 Å². The van der Waals surface area contributed by atoms with Crippen molar-refractivity contribution in [3.05, 3.63) is 53.7 Å². The summed E-state index contributed by atoms with van der Waals surface area (Å²) in [6, 6.07) is 4.01. The summed E-state index contributed by atoms with van der Waals surface area (Å²) >= 11 is 0. The number of aryl methyl sites for hydroxylation is 1. The minimum atomic E-state index is -4.49. The zero-order valence-corrected chi connectivity index (χ0v) is 15.7. The molecule has 29 heavy (non-hydrogen) atoms. The Morgan fingerprint density at radius 3 is 2.41 bits per heavy atom. The van der Waals surface area contributed by atoms with Crippen LogP contribution in [-0.4, -0.2) is 56.3 Å². The van der Waals surface area contributed by atoms with E-state index in [0.717, 1.165) is 12.3 Å². The van der Waals surface area contributed by atoms with Gasteiger partial charge in [-0.3, -0.25) is 9.20 Å². The average molecular weight is 404 g/mol. The van der Waals surface area contributed by atoms with Gasteiger partial charge in [0, 0.05) is 44.8 Å². The number of amides is 1. The zero-order valence-electron chi connectivity index (χ0n) is 15.7. The Labute approximate surface area is 164 Å². The molecule has 7 nitrogen and oxygen atoms in total. The van der Waals surface area contributed by atoms with Gasteiger partial charge in [-0.1, -0.05) is 6.92 Å². The van der Waals surface area contributed by atoms with Gasteiger partial charge in [-0.2, -0.15) is 13.2 Å². The molecule has 1 fully saturated rings. The molecule has 3 aromatic heterocycles. The standard InChI is InChI=1S/C19H19F3N6O/c1-2-14-16(28-12-13(19(20,21)22)4-5-15(28)25-14)17(29)26-8-10-27(11-9-26)18-23-6-3-7-24-18/h3-7,12H,2,8-11H2,1H3. The van der Waals surface area contributed by atoms with Crippen molar-refractivity contribution < 1.29 is 18.0 Å². The maximum absolute atomic E-state index is 13.2. The second-order valence-corrected chi connectivity index (χ2v) is 6.73. The number of aromatic nitrogens is 4. The molecule has 1 aliphatic heterocycles. The van der Waals surface area contributed by atoms with E-state index in [1.165, 1.54) is 10.5 Å². The van der Waals surface area contributed by atoms with Crippen LogP contribution in [0.15, 0.2) is 36.8 Å². The molecule has 4 rings (SSSR count). The van der Waals surface area contributed by atoms with Crippen LogP contribution in [0.1, 0.15) is 28.7 Å². The SMILES string of the molecule is CCc1nc2ccc(C(F)(F)F)cn2c1C(=O)N1CCN(c2ncccn2)CC1. The summed E-state index contributed by atoms with van der Waals surface area (Å²) in [6.45, 7) is 3.76. The summed E-state index contributed by atoms with van der Waals surface area (Å²) in [5.41, 5.74) is 0.195. The molecule has 1 amide bonds. The van der Waals surface area contributed by atoms with Crippen molar-refractivity contribution in [1.82, 2.24) is 24.3 Å². The summed E-state index contributed by atoms with van der Waals surface area (Å²) in [4.78, 5) is 29.6. The summed E-state index contributed by atoms with van der Waals surface area (Å²) in [5.74, 6) is 0.278. The second-order valence-electron chi connectivity index (χ2n) is 6.73. The number of piperazine rings is 1. The third-order valence-electron chi connectivity index (χ3n) is 4.96. The number of halogens is 3. The smallest absolute Gasteiger partial charge is 0.337 e. The van der Waals surface area contributed by atoms with Crippen LogP contribution >= 0.6 is 0 Å². The van der Waals surface area contributed by atoms with E-state index in [4.69, 9.17) is 0 Å². The largest absolute Gasteiger partial charge is 0.417 e. The zero-order chi connectivity index (χ0) is 20.6. The molecule has 1 aliphatic rings. The fourth-order valence-electron chi connectivity index (χ4n) is 3.45. The molecule has 0 saturated carbocycles. The van der Waals surface area contributed by atoms with E-state index in [2.05, 4.69) is 15.0 Å². The molecular weight excluding hydrogens is 385 g/mol. The predicted octanol–water partition coefficient (Wildman–Crippen LogP) is 2.67. The highest BCUT2D eigenvalue weighted by Crippen LogP contribution is 2.30. The number of carbonyl (C=O) groups is 1. The molecule has 4 heterocycles. The summed E-state index contributed by atoms with van der Waals surface area (Å²) in [6.07, 6.45) is 0.214. The van der Waals surface area contributed by atoms with Crippen molar-refractivity contribution in [2.24, 2.45) is 0 Å². The first-order valence-electron chi connectivity index (χ1n) is 9.28. The molecule has 0 spiro atoms. The van der Waals surface area contributed by atoms with Crippen molar-refractivity contribution in [3.63, 3.8) is 0 Å². The number of nitrogens with zero attached hydrogens (tertiary/aromatic N) is 6. The van der Waals surface area contributed by atoms with Gasteiger partial charge >= 0.3 is 6.18 Å². The van der Waals surface area contributed by atoms with E-state index in [0.29, 0.717) is 49.9 Å². The molecule has 0 aromatic carbocycles. The van der Waals surface area contributed by atoms with Crippen molar-refractivity contribution in [3.8, 4) is 0 Å². The average Bonchev–Trinajstić information content (AvgIpc) is 3.11. The molecule has 0 N–H and O–H groups in total. The number of alkyl halides is 3. The van der Waals surface area contributed by atoms with Gasteiger partial charge in [0.1, 0.15) is 11.3 Å². The van der Waals surface area contributed by atoms with Gasteiger partial charge in [0.05, 0.1) is 11.3 Å². The Balaban J connectivity index is 1.61. The Morgan fingerprint density at radius 1 is 1.10 bits per heavy atom. The van der Waals surface area contributed by atoms with E-state index < -0.39 is 11.7 Å². The van der Waals surface area contributed by atoms with Crippen molar-refractivity contribution in [1.29, 1.82) is 0 Å². The third kappa shape index (κ3) is 3.62. The highest BCUT2D eigenvalue weighted by atomic mass is 19.4. The quantitative estimate of drug-likeness (QED) is 0.672. The Kier molecular flexibility index (Phi) is 4.85. The third-order valence-corrected chi connectivity index (χ3v) is 4.96. The maximum Gasteiger partial charge on any atom is 0.417 e. The van der Waals surface area contributed by atoms with E-state index in [9.17, 15) is 18.0 Å². The number of anilines is 1. The summed E-state index contributed by atoms with van der Waals surface area (Å²) in [7, 11) is 0. The summed E-state index contributed by atoms with van der Waals surface area (Å²) in [5, 5.41) is 0. The minimum absolute atomic E-state index is 0.193. The topological polar surface area (TPSA) is 66.6 Å². The van der Waals surface area contributed by atoms with E-state index in [1.54, 1.807) is 23.4 Å². The lowest BCUT2D eigenvalue weighted by atomic mass is 10.2. The molecule has 0 aliphatic carbocycles. The van der Waals surface area contributed by atoms with E-state index in [-0.39, 0.29) is 11.6 Å². The fourth-order valence-corrected chi connectivity index (χ4v) is 3.45. The predicted molar refractivity (Wildman–Crippen MR) is 99.7 cm³/mol. The first-order chi connectivity index (χ1) is 13.9. The van der Waals surface area contributed by atoms with Crippen molar-refractivity contribution in [2.45, 2.75) is 19.5 Å². The Morgan fingerprint density at radius 2 is 1.79 bits per heavy atom. The van der Waals surface area contributed by atoms with E-state index in [1.807, 2.05) is 11.8 Å². The van der Waals surface area contributed by atoms with Crippen LogP contribution in [0.2, 0.25) is 0 Å². The molecule has 152 valence electrons. The van der Waals surface area contributed by atoms with E-state index >= 15 is 0 Å². The van der Waals surface area contributed by atoms with Crippen molar-refractivity contribution in [2.75, 3.05) is 31.1 Å². The first kappa shape index (κ1) is 19.2. The maximum atomic E-state index is 13.2.